The van der Waals surface area contributed by atoms with Crippen LogP contribution in [0, 0.1) is 0 Å². The van der Waals surface area contributed by atoms with Gasteiger partial charge in [-0.05, 0) is 25.0 Å². The van der Waals surface area contributed by atoms with E-state index in [1.165, 1.54) is 24.2 Å². The molecule has 1 amide bonds. The first-order valence-electron chi connectivity index (χ1n) is 7.24. The van der Waals surface area contributed by atoms with Crippen molar-refractivity contribution in [2.45, 2.75) is 39.0 Å². The smallest absolute Gasteiger partial charge is 0.261 e. The van der Waals surface area contributed by atoms with Gasteiger partial charge in [0.2, 0.25) is 10.0 Å². The van der Waals surface area contributed by atoms with Crippen LogP contribution in [0.2, 0.25) is 0 Å². The maximum absolute atomic E-state index is 11.9. The van der Waals surface area contributed by atoms with E-state index in [1.807, 2.05) is 6.07 Å². The van der Waals surface area contributed by atoms with E-state index in [0.29, 0.717) is 24.4 Å². The lowest BCUT2D eigenvalue weighted by Crippen LogP contribution is -2.24. The largest absolute Gasteiger partial charge is 0.351 e. The molecule has 0 radical (unpaired) electrons. The van der Waals surface area contributed by atoms with Gasteiger partial charge in [0.15, 0.2) is 0 Å². The number of unbranched alkanes of at least 4 members (excludes halogenated alkanes) is 3. The molecule has 0 aliphatic rings. The van der Waals surface area contributed by atoms with Crippen molar-refractivity contribution in [1.29, 1.82) is 0 Å². The lowest BCUT2D eigenvalue weighted by atomic mass is 10.2. The molecule has 1 rings (SSSR count). The first-order valence-corrected chi connectivity index (χ1v) is 9.94. The molecule has 1 heterocycles. The third kappa shape index (κ3) is 8.18. The third-order valence-electron chi connectivity index (χ3n) is 2.94. The minimum Gasteiger partial charge on any atom is -0.351 e. The summed E-state index contributed by atoms with van der Waals surface area (Å²) < 4.78 is 24.4. The fourth-order valence-corrected chi connectivity index (χ4v) is 3.23. The maximum atomic E-state index is 11.9. The van der Waals surface area contributed by atoms with Crippen LogP contribution in [0.5, 0.6) is 0 Å². The number of rotatable bonds is 10. The molecule has 5 nitrogen and oxygen atoms in total. The monoisotopic (exact) mass is 332 g/mol. The van der Waals surface area contributed by atoms with Gasteiger partial charge >= 0.3 is 0 Å². The van der Waals surface area contributed by atoms with E-state index >= 15 is 0 Å². The summed E-state index contributed by atoms with van der Waals surface area (Å²) in [7, 11) is -3.15. The number of nitrogens with one attached hydrogen (secondary N) is 2. The van der Waals surface area contributed by atoms with Gasteiger partial charge < -0.3 is 5.32 Å². The van der Waals surface area contributed by atoms with E-state index in [0.717, 1.165) is 24.0 Å². The molecule has 0 aliphatic carbocycles. The second kappa shape index (κ2) is 9.17. The second-order valence-corrected chi connectivity index (χ2v) is 8.00. The van der Waals surface area contributed by atoms with Crippen molar-refractivity contribution in [2.24, 2.45) is 0 Å². The summed E-state index contributed by atoms with van der Waals surface area (Å²) in [6.45, 7) is 3.23. The van der Waals surface area contributed by atoms with Crippen LogP contribution in [0.3, 0.4) is 0 Å². The number of thiophene rings is 1. The van der Waals surface area contributed by atoms with Crippen LogP contribution in [-0.4, -0.2) is 33.7 Å². The van der Waals surface area contributed by atoms with Crippen molar-refractivity contribution in [1.82, 2.24) is 10.0 Å². The Morgan fingerprint density at radius 2 is 1.95 bits per heavy atom. The summed E-state index contributed by atoms with van der Waals surface area (Å²) in [5, 5.41) is 2.91. The molecule has 120 valence electrons. The highest BCUT2D eigenvalue weighted by Gasteiger charge is 2.09. The summed E-state index contributed by atoms with van der Waals surface area (Å²) in [4.78, 5) is 13.6. The molecule has 0 atom stereocenters. The number of carbonyl (C=O) groups is 1. The number of amides is 1. The Morgan fingerprint density at radius 1 is 1.19 bits per heavy atom. The van der Waals surface area contributed by atoms with E-state index in [9.17, 15) is 13.2 Å². The molecule has 0 bridgehead atoms. The highest BCUT2D eigenvalue weighted by molar-refractivity contribution is 7.88. The average Bonchev–Trinajstić information content (AvgIpc) is 2.85. The zero-order valence-electron chi connectivity index (χ0n) is 12.6. The molecule has 0 saturated carbocycles. The Kier molecular flexibility index (Phi) is 7.92. The Labute approximate surface area is 131 Å². The zero-order valence-corrected chi connectivity index (χ0v) is 14.3. The molecule has 0 aliphatic heterocycles. The lowest BCUT2D eigenvalue weighted by molar-refractivity contribution is 0.0957. The minimum atomic E-state index is -3.15. The molecule has 0 saturated heterocycles. The summed E-state index contributed by atoms with van der Waals surface area (Å²) in [6, 6.07) is 3.67. The number of hydrogen-bond acceptors (Lipinski definition) is 4. The normalized spacial score (nSPS) is 11.5. The van der Waals surface area contributed by atoms with E-state index < -0.39 is 10.0 Å². The van der Waals surface area contributed by atoms with Gasteiger partial charge in [0, 0.05) is 18.0 Å². The Balaban J connectivity index is 2.31. The Morgan fingerprint density at radius 3 is 2.62 bits per heavy atom. The average molecular weight is 332 g/mol. The Bertz CT molecular complexity index is 538. The van der Waals surface area contributed by atoms with Crippen LogP contribution >= 0.6 is 11.3 Å². The Hall–Kier alpha value is -0.920. The van der Waals surface area contributed by atoms with E-state index in [2.05, 4.69) is 17.0 Å². The first kappa shape index (κ1) is 18.1. The molecule has 0 spiro atoms. The predicted octanol–water partition coefficient (Wildman–Crippen LogP) is 2.15. The van der Waals surface area contributed by atoms with Crippen molar-refractivity contribution in [3.8, 4) is 0 Å². The van der Waals surface area contributed by atoms with E-state index in [1.54, 1.807) is 6.07 Å². The molecular formula is C14H24N2O3S2. The van der Waals surface area contributed by atoms with Crippen molar-refractivity contribution in [3.05, 3.63) is 21.9 Å². The summed E-state index contributed by atoms with van der Waals surface area (Å²) in [5.74, 6) is -0.0428. The second-order valence-electron chi connectivity index (χ2n) is 5.00. The van der Waals surface area contributed by atoms with Gasteiger partial charge in [0.25, 0.3) is 5.91 Å². The lowest BCUT2D eigenvalue weighted by Gasteiger charge is -2.03. The van der Waals surface area contributed by atoms with Gasteiger partial charge in [-0.2, -0.15) is 0 Å². The SMILES string of the molecule is CCCCCCNC(=O)c1ccc(CCNS(C)(=O)=O)s1. The van der Waals surface area contributed by atoms with Crippen LogP contribution in [0.4, 0.5) is 0 Å². The molecule has 0 aromatic carbocycles. The van der Waals surface area contributed by atoms with Gasteiger partial charge in [-0.1, -0.05) is 26.2 Å². The minimum absolute atomic E-state index is 0.0428. The van der Waals surface area contributed by atoms with E-state index in [4.69, 9.17) is 0 Å². The van der Waals surface area contributed by atoms with Crippen molar-refractivity contribution < 1.29 is 13.2 Å². The van der Waals surface area contributed by atoms with Crippen LogP contribution in [0.1, 0.15) is 47.2 Å². The van der Waals surface area contributed by atoms with Crippen molar-refractivity contribution in [2.75, 3.05) is 19.3 Å². The first-order chi connectivity index (χ1) is 9.92. The van der Waals surface area contributed by atoms with Crippen molar-refractivity contribution >= 4 is 27.3 Å². The quantitative estimate of drug-likeness (QED) is 0.645. The van der Waals surface area contributed by atoms with Gasteiger partial charge in [0.1, 0.15) is 0 Å². The molecule has 21 heavy (non-hydrogen) atoms. The summed E-state index contributed by atoms with van der Waals surface area (Å²) in [6.07, 6.45) is 6.27. The number of hydrogen-bond donors (Lipinski definition) is 2. The molecule has 1 aromatic rings. The summed E-state index contributed by atoms with van der Waals surface area (Å²) >= 11 is 1.41. The molecule has 7 heteroatoms. The van der Waals surface area contributed by atoms with Gasteiger partial charge in [-0.3, -0.25) is 4.79 Å². The molecule has 1 aromatic heterocycles. The highest BCUT2D eigenvalue weighted by atomic mass is 32.2. The zero-order chi connectivity index (χ0) is 15.7. The topological polar surface area (TPSA) is 75.3 Å². The third-order valence-corrected chi connectivity index (χ3v) is 4.81. The van der Waals surface area contributed by atoms with Crippen LogP contribution < -0.4 is 10.0 Å². The fraction of sp³-hybridized carbons (Fsp3) is 0.643. The molecular weight excluding hydrogens is 308 g/mol. The van der Waals surface area contributed by atoms with Crippen molar-refractivity contribution in [3.63, 3.8) is 0 Å². The summed E-state index contributed by atoms with van der Waals surface area (Å²) in [5.41, 5.74) is 0. The highest BCUT2D eigenvalue weighted by Crippen LogP contribution is 2.16. The molecule has 0 unspecified atom stereocenters. The number of sulfonamides is 1. The predicted molar refractivity (Wildman–Crippen MR) is 87.3 cm³/mol. The van der Waals surface area contributed by atoms with Crippen LogP contribution in [-0.2, 0) is 16.4 Å². The van der Waals surface area contributed by atoms with Crippen LogP contribution in [0.15, 0.2) is 12.1 Å². The standard InChI is InChI=1S/C14H24N2O3S2/c1-3-4-5-6-10-15-14(17)13-8-7-12(20-13)9-11-16-21(2,18)19/h7-8,16H,3-6,9-11H2,1-2H3,(H,15,17). The van der Waals surface area contributed by atoms with Gasteiger partial charge in [0.05, 0.1) is 11.1 Å². The van der Waals surface area contributed by atoms with Gasteiger partial charge in [-0.25, -0.2) is 13.1 Å². The fourth-order valence-electron chi connectivity index (χ4n) is 1.83. The van der Waals surface area contributed by atoms with Gasteiger partial charge in [-0.15, -0.1) is 11.3 Å². The number of carbonyl (C=O) groups excluding carboxylic acids is 1. The van der Waals surface area contributed by atoms with Crippen LogP contribution in [0.25, 0.3) is 0 Å². The molecule has 2 N–H and O–H groups in total. The van der Waals surface area contributed by atoms with E-state index in [-0.39, 0.29) is 5.91 Å². The molecule has 0 fully saturated rings. The maximum Gasteiger partial charge on any atom is 0.261 e.